The fourth-order valence-electron chi connectivity index (χ4n) is 1.96. The molecule has 10 nitrogen and oxygen atoms in total. The lowest BCUT2D eigenvalue weighted by Crippen LogP contribution is -2.44. The molecule has 0 saturated carbocycles. The Bertz CT molecular complexity index is 551. The minimum Gasteiger partial charge on any atom is -0.466 e. The fraction of sp³-hybridized carbons (Fsp3) is 0.647. The van der Waals surface area contributed by atoms with Gasteiger partial charge in [0.25, 0.3) is 0 Å². The highest BCUT2D eigenvalue weighted by Crippen LogP contribution is 2.08. The number of carbonyl (C=O) groups is 4. The average molecular weight is 390 g/mol. The van der Waals surface area contributed by atoms with Gasteiger partial charge in [0.15, 0.2) is 12.2 Å². The van der Waals surface area contributed by atoms with Crippen molar-refractivity contribution in [2.75, 3.05) is 48.0 Å². The Morgan fingerprint density at radius 1 is 1.00 bits per heavy atom. The predicted molar refractivity (Wildman–Crippen MR) is 92.2 cm³/mol. The minimum atomic E-state index is -1.09. The molecule has 0 fully saturated rings. The van der Waals surface area contributed by atoms with Gasteiger partial charge in [-0.2, -0.15) is 0 Å². The van der Waals surface area contributed by atoms with Gasteiger partial charge in [0.1, 0.15) is 13.2 Å². The summed E-state index contributed by atoms with van der Waals surface area (Å²) in [5.41, 5.74) is 0. The van der Waals surface area contributed by atoms with Crippen LogP contribution in [0.4, 0.5) is 0 Å². The van der Waals surface area contributed by atoms with Gasteiger partial charge in [-0.25, -0.2) is 9.59 Å². The Hall–Kier alpha value is -2.46. The number of nitrogens with zero attached hydrogens (tertiary/aromatic N) is 1. The molecule has 27 heavy (non-hydrogen) atoms. The SMILES string of the molecule is COC(=O)/C=C/C(=O)OCC(CO)OC(=O)C[C@H](C[N+](C)(C)C)OC(C)=O. The molecule has 0 rings (SSSR count). The molecule has 0 heterocycles. The molecule has 0 aromatic rings. The Balaban J connectivity index is 4.59. The number of quaternary nitrogens is 1. The summed E-state index contributed by atoms with van der Waals surface area (Å²) >= 11 is 0. The molecular weight excluding hydrogens is 362 g/mol. The monoisotopic (exact) mass is 390 g/mol. The summed E-state index contributed by atoms with van der Waals surface area (Å²) in [6.07, 6.45) is -0.270. The second kappa shape index (κ2) is 12.0. The maximum absolute atomic E-state index is 12.0. The number of hydrogen-bond donors (Lipinski definition) is 1. The molecule has 0 bridgehead atoms. The van der Waals surface area contributed by atoms with E-state index >= 15 is 0 Å². The van der Waals surface area contributed by atoms with Crippen LogP contribution in [0.1, 0.15) is 13.3 Å². The summed E-state index contributed by atoms with van der Waals surface area (Å²) in [5.74, 6) is -2.83. The maximum atomic E-state index is 12.0. The third kappa shape index (κ3) is 13.4. The van der Waals surface area contributed by atoms with Crippen molar-refractivity contribution in [2.24, 2.45) is 0 Å². The normalized spacial score (nSPS) is 13.6. The largest absolute Gasteiger partial charge is 0.466 e. The third-order valence-corrected chi connectivity index (χ3v) is 2.95. The molecule has 0 spiro atoms. The zero-order valence-electron chi connectivity index (χ0n) is 16.3. The molecule has 0 saturated heterocycles. The summed E-state index contributed by atoms with van der Waals surface area (Å²) in [4.78, 5) is 45.5. The first-order chi connectivity index (χ1) is 12.5. The lowest BCUT2D eigenvalue weighted by molar-refractivity contribution is -0.873. The molecule has 0 aromatic heterocycles. The number of ether oxygens (including phenoxy) is 4. The first-order valence-corrected chi connectivity index (χ1v) is 8.17. The lowest BCUT2D eigenvalue weighted by Gasteiger charge is -2.28. The smallest absolute Gasteiger partial charge is 0.331 e. The molecular formula is C17H28NO9+. The molecule has 0 radical (unpaired) electrons. The third-order valence-electron chi connectivity index (χ3n) is 2.95. The van der Waals surface area contributed by atoms with E-state index in [0.29, 0.717) is 11.0 Å². The average Bonchev–Trinajstić information content (AvgIpc) is 2.53. The van der Waals surface area contributed by atoms with Crippen molar-refractivity contribution in [1.29, 1.82) is 0 Å². The summed E-state index contributed by atoms with van der Waals surface area (Å²) in [6, 6.07) is 0. The van der Waals surface area contributed by atoms with Crippen LogP contribution in [0.25, 0.3) is 0 Å². The predicted octanol–water partition coefficient (Wildman–Crippen LogP) is -0.809. The van der Waals surface area contributed by atoms with Crippen molar-refractivity contribution < 1.29 is 47.7 Å². The summed E-state index contributed by atoms with van der Waals surface area (Å²) < 4.78 is 19.7. The second-order valence-electron chi connectivity index (χ2n) is 6.69. The first kappa shape index (κ1) is 24.5. The van der Waals surface area contributed by atoms with Crippen LogP contribution >= 0.6 is 0 Å². The number of aliphatic hydroxyl groups excluding tert-OH is 1. The number of hydrogen-bond acceptors (Lipinski definition) is 9. The number of aliphatic hydroxyl groups is 1. The van der Waals surface area contributed by atoms with E-state index in [4.69, 9.17) is 14.2 Å². The van der Waals surface area contributed by atoms with E-state index in [9.17, 15) is 24.3 Å². The van der Waals surface area contributed by atoms with E-state index in [1.165, 1.54) is 6.92 Å². The van der Waals surface area contributed by atoms with Gasteiger partial charge in [-0.1, -0.05) is 0 Å². The van der Waals surface area contributed by atoms with Crippen molar-refractivity contribution in [3.05, 3.63) is 12.2 Å². The van der Waals surface area contributed by atoms with Crippen LogP contribution in [0, 0.1) is 0 Å². The van der Waals surface area contributed by atoms with Crippen LogP contribution in [0.3, 0.4) is 0 Å². The van der Waals surface area contributed by atoms with E-state index in [0.717, 1.165) is 19.3 Å². The number of rotatable bonds is 11. The van der Waals surface area contributed by atoms with Gasteiger partial charge in [-0.3, -0.25) is 9.59 Å². The van der Waals surface area contributed by atoms with Crippen LogP contribution in [-0.2, 0) is 38.1 Å². The van der Waals surface area contributed by atoms with Gasteiger partial charge in [0.05, 0.1) is 41.3 Å². The van der Waals surface area contributed by atoms with Crippen LogP contribution in [0.5, 0.6) is 0 Å². The van der Waals surface area contributed by atoms with Gasteiger partial charge < -0.3 is 28.5 Å². The topological polar surface area (TPSA) is 125 Å². The van der Waals surface area contributed by atoms with Crippen LogP contribution in [0.2, 0.25) is 0 Å². The number of esters is 4. The summed E-state index contributed by atoms with van der Waals surface area (Å²) in [6.45, 7) is 0.644. The molecule has 154 valence electrons. The highest BCUT2D eigenvalue weighted by molar-refractivity contribution is 5.91. The molecule has 0 aliphatic heterocycles. The van der Waals surface area contributed by atoms with E-state index in [-0.39, 0.29) is 6.42 Å². The Morgan fingerprint density at radius 2 is 1.59 bits per heavy atom. The Kier molecular flexibility index (Phi) is 10.9. The zero-order valence-corrected chi connectivity index (χ0v) is 16.3. The van der Waals surface area contributed by atoms with Crippen LogP contribution < -0.4 is 0 Å². The Labute approximate surface area is 158 Å². The molecule has 0 aliphatic rings. The quantitative estimate of drug-likeness (QED) is 0.209. The van der Waals surface area contributed by atoms with Gasteiger partial charge in [-0.05, 0) is 0 Å². The fourth-order valence-corrected chi connectivity index (χ4v) is 1.96. The molecule has 1 N–H and O–H groups in total. The molecule has 10 heteroatoms. The number of carbonyl (C=O) groups excluding carboxylic acids is 4. The van der Waals surface area contributed by atoms with Crippen molar-refractivity contribution in [3.8, 4) is 0 Å². The number of likely N-dealkylation sites (N-methyl/N-ethyl adjacent to an activating group) is 1. The van der Waals surface area contributed by atoms with Crippen molar-refractivity contribution in [1.82, 2.24) is 0 Å². The van der Waals surface area contributed by atoms with Crippen molar-refractivity contribution >= 4 is 23.9 Å². The molecule has 0 aromatic carbocycles. The molecule has 0 aliphatic carbocycles. The van der Waals surface area contributed by atoms with E-state index in [1.807, 2.05) is 21.1 Å². The van der Waals surface area contributed by atoms with E-state index in [1.54, 1.807) is 0 Å². The van der Waals surface area contributed by atoms with Gasteiger partial charge in [0, 0.05) is 19.1 Å². The van der Waals surface area contributed by atoms with Crippen LogP contribution in [0.15, 0.2) is 12.2 Å². The van der Waals surface area contributed by atoms with Gasteiger partial charge in [-0.15, -0.1) is 0 Å². The molecule has 2 atom stereocenters. The molecule has 0 amide bonds. The highest BCUT2D eigenvalue weighted by atomic mass is 16.6. The summed E-state index contributed by atoms with van der Waals surface area (Å²) in [5, 5.41) is 9.26. The van der Waals surface area contributed by atoms with E-state index in [2.05, 4.69) is 4.74 Å². The maximum Gasteiger partial charge on any atom is 0.331 e. The standard InChI is InChI=1S/C17H28NO9/c1-12(20)26-13(9-18(2,3)4)8-17(23)27-14(10-19)11-25-16(22)7-6-15(21)24-5/h6-7,13-14,19H,8-11H2,1-5H3/q+1/b7-6+/t13-,14?/m1/s1. The highest BCUT2D eigenvalue weighted by Gasteiger charge is 2.26. The van der Waals surface area contributed by atoms with Gasteiger partial charge in [0.2, 0.25) is 0 Å². The Morgan fingerprint density at radius 3 is 2.07 bits per heavy atom. The van der Waals surface area contributed by atoms with E-state index < -0.39 is 49.3 Å². The number of methoxy groups -OCH3 is 1. The zero-order chi connectivity index (χ0) is 21.0. The lowest BCUT2D eigenvalue weighted by atomic mass is 10.2. The van der Waals surface area contributed by atoms with Crippen molar-refractivity contribution in [2.45, 2.75) is 25.6 Å². The minimum absolute atomic E-state index is 0.207. The second-order valence-corrected chi connectivity index (χ2v) is 6.69. The van der Waals surface area contributed by atoms with Crippen molar-refractivity contribution in [3.63, 3.8) is 0 Å². The van der Waals surface area contributed by atoms with Crippen LogP contribution in [-0.4, -0.2) is 93.7 Å². The van der Waals surface area contributed by atoms with Gasteiger partial charge >= 0.3 is 23.9 Å². The summed E-state index contributed by atoms with van der Waals surface area (Å²) in [7, 11) is 6.78. The first-order valence-electron chi connectivity index (χ1n) is 8.17. The molecule has 1 unspecified atom stereocenters.